The summed E-state index contributed by atoms with van der Waals surface area (Å²) in [6.07, 6.45) is 5.81. The van der Waals surface area contributed by atoms with Crippen LogP contribution >= 0.6 is 0 Å². The Morgan fingerprint density at radius 2 is 2.07 bits per heavy atom. The molecule has 0 radical (unpaired) electrons. The molecular formula is C11H21NO2. The molecule has 14 heavy (non-hydrogen) atoms. The molecule has 3 heteroatoms. The molecule has 2 atom stereocenters. The summed E-state index contributed by atoms with van der Waals surface area (Å²) in [5.74, 6) is 0.854. The van der Waals surface area contributed by atoms with Gasteiger partial charge in [-0.25, -0.2) is 0 Å². The SMILES string of the molecule is O[C@@H]1CCC[C@H]1NCCOCC1CC1. The van der Waals surface area contributed by atoms with Crippen LogP contribution in [0.1, 0.15) is 32.1 Å². The molecule has 0 spiro atoms. The highest BCUT2D eigenvalue weighted by atomic mass is 16.5. The molecule has 2 N–H and O–H groups in total. The second-order valence-electron chi connectivity index (χ2n) is 4.58. The van der Waals surface area contributed by atoms with Gasteiger partial charge in [-0.15, -0.1) is 0 Å². The Balaban J connectivity index is 1.45. The number of ether oxygens (including phenoxy) is 1. The number of nitrogens with one attached hydrogen (secondary N) is 1. The lowest BCUT2D eigenvalue weighted by Gasteiger charge is -2.16. The summed E-state index contributed by atoms with van der Waals surface area (Å²) in [7, 11) is 0. The van der Waals surface area contributed by atoms with Gasteiger partial charge in [-0.05, 0) is 38.0 Å². The Labute approximate surface area is 85.8 Å². The van der Waals surface area contributed by atoms with Crippen LogP contribution in [-0.2, 0) is 4.74 Å². The van der Waals surface area contributed by atoms with Crippen molar-refractivity contribution in [3.8, 4) is 0 Å². The van der Waals surface area contributed by atoms with E-state index in [4.69, 9.17) is 4.74 Å². The van der Waals surface area contributed by atoms with Gasteiger partial charge in [0.2, 0.25) is 0 Å². The predicted octanol–water partition coefficient (Wildman–Crippen LogP) is 0.916. The summed E-state index contributed by atoms with van der Waals surface area (Å²) in [5.41, 5.74) is 0. The Bertz CT molecular complexity index is 171. The van der Waals surface area contributed by atoms with Gasteiger partial charge in [-0.3, -0.25) is 0 Å². The van der Waals surface area contributed by atoms with Crippen LogP contribution in [0.4, 0.5) is 0 Å². The zero-order chi connectivity index (χ0) is 9.80. The van der Waals surface area contributed by atoms with Crippen molar-refractivity contribution < 1.29 is 9.84 Å². The minimum absolute atomic E-state index is 0.126. The smallest absolute Gasteiger partial charge is 0.0693 e. The largest absolute Gasteiger partial charge is 0.392 e. The normalized spacial score (nSPS) is 32.4. The van der Waals surface area contributed by atoms with E-state index in [0.29, 0.717) is 6.04 Å². The molecule has 3 nitrogen and oxygen atoms in total. The van der Waals surface area contributed by atoms with Gasteiger partial charge >= 0.3 is 0 Å². The molecule has 82 valence electrons. The van der Waals surface area contributed by atoms with Gasteiger partial charge in [0.1, 0.15) is 0 Å². The van der Waals surface area contributed by atoms with Crippen LogP contribution in [0.5, 0.6) is 0 Å². The van der Waals surface area contributed by atoms with Gasteiger partial charge in [0, 0.05) is 19.2 Å². The summed E-state index contributed by atoms with van der Waals surface area (Å²) in [6.45, 7) is 2.61. The van der Waals surface area contributed by atoms with E-state index >= 15 is 0 Å². The molecule has 2 rings (SSSR count). The van der Waals surface area contributed by atoms with E-state index in [1.807, 2.05) is 0 Å². The van der Waals surface area contributed by atoms with Gasteiger partial charge in [0.05, 0.1) is 12.7 Å². The van der Waals surface area contributed by atoms with Crippen molar-refractivity contribution in [3.05, 3.63) is 0 Å². The fourth-order valence-electron chi connectivity index (χ4n) is 2.03. The molecule has 2 saturated carbocycles. The molecule has 0 heterocycles. The van der Waals surface area contributed by atoms with Crippen LogP contribution in [0.25, 0.3) is 0 Å². The zero-order valence-electron chi connectivity index (χ0n) is 8.74. The first-order valence-corrected chi connectivity index (χ1v) is 5.85. The van der Waals surface area contributed by atoms with Crippen molar-refractivity contribution in [2.24, 2.45) is 5.92 Å². The summed E-state index contributed by atoms with van der Waals surface area (Å²) < 4.78 is 5.51. The van der Waals surface area contributed by atoms with Crippen LogP contribution in [-0.4, -0.2) is 37.0 Å². The number of aliphatic hydroxyl groups is 1. The monoisotopic (exact) mass is 199 g/mol. The van der Waals surface area contributed by atoms with Gasteiger partial charge in [-0.1, -0.05) is 0 Å². The average molecular weight is 199 g/mol. The van der Waals surface area contributed by atoms with Crippen LogP contribution < -0.4 is 5.32 Å². The third kappa shape index (κ3) is 3.23. The highest BCUT2D eigenvalue weighted by Gasteiger charge is 2.24. The zero-order valence-corrected chi connectivity index (χ0v) is 8.74. The molecule has 0 bridgehead atoms. The average Bonchev–Trinajstić information content (AvgIpc) is 2.91. The lowest BCUT2D eigenvalue weighted by Crippen LogP contribution is -2.37. The quantitative estimate of drug-likeness (QED) is 0.625. The maximum absolute atomic E-state index is 9.54. The third-order valence-corrected chi connectivity index (χ3v) is 3.18. The highest BCUT2D eigenvalue weighted by Crippen LogP contribution is 2.28. The molecule has 0 aromatic carbocycles. The van der Waals surface area contributed by atoms with Crippen LogP contribution in [0, 0.1) is 5.92 Å². The minimum Gasteiger partial charge on any atom is -0.392 e. The second kappa shape index (κ2) is 5.10. The van der Waals surface area contributed by atoms with E-state index in [2.05, 4.69) is 5.32 Å². The molecular weight excluding hydrogens is 178 g/mol. The van der Waals surface area contributed by atoms with Crippen LogP contribution in [0.3, 0.4) is 0 Å². The van der Waals surface area contributed by atoms with Gasteiger partial charge in [0.15, 0.2) is 0 Å². The van der Waals surface area contributed by atoms with Crippen LogP contribution in [0.15, 0.2) is 0 Å². The Morgan fingerprint density at radius 3 is 2.71 bits per heavy atom. The fourth-order valence-corrected chi connectivity index (χ4v) is 2.03. The maximum Gasteiger partial charge on any atom is 0.0693 e. The number of rotatable bonds is 6. The molecule has 2 aliphatic carbocycles. The number of hydrogen-bond donors (Lipinski definition) is 2. The molecule has 0 aromatic rings. The standard InChI is InChI=1S/C11H21NO2/c13-11-3-1-2-10(11)12-6-7-14-8-9-4-5-9/h9-13H,1-8H2/t10-,11-/m1/s1. The summed E-state index contributed by atoms with van der Waals surface area (Å²) in [5, 5.41) is 12.9. The molecule has 0 saturated heterocycles. The van der Waals surface area contributed by atoms with Crippen molar-refractivity contribution in [2.45, 2.75) is 44.2 Å². The highest BCUT2D eigenvalue weighted by molar-refractivity contribution is 4.82. The minimum atomic E-state index is -0.126. The van der Waals surface area contributed by atoms with Crippen molar-refractivity contribution in [1.29, 1.82) is 0 Å². The first-order valence-electron chi connectivity index (χ1n) is 5.85. The van der Waals surface area contributed by atoms with E-state index in [-0.39, 0.29) is 6.10 Å². The van der Waals surface area contributed by atoms with Crippen molar-refractivity contribution in [3.63, 3.8) is 0 Å². The maximum atomic E-state index is 9.54. The van der Waals surface area contributed by atoms with E-state index in [9.17, 15) is 5.11 Å². The Kier molecular flexibility index (Phi) is 3.79. The fraction of sp³-hybridized carbons (Fsp3) is 1.00. The van der Waals surface area contributed by atoms with Crippen molar-refractivity contribution in [1.82, 2.24) is 5.32 Å². The summed E-state index contributed by atoms with van der Waals surface area (Å²) >= 11 is 0. The molecule has 2 fully saturated rings. The Hall–Kier alpha value is -0.120. The third-order valence-electron chi connectivity index (χ3n) is 3.18. The topological polar surface area (TPSA) is 41.5 Å². The number of hydrogen-bond acceptors (Lipinski definition) is 3. The first kappa shape index (κ1) is 10.4. The summed E-state index contributed by atoms with van der Waals surface area (Å²) in [4.78, 5) is 0. The van der Waals surface area contributed by atoms with Crippen molar-refractivity contribution in [2.75, 3.05) is 19.8 Å². The number of aliphatic hydroxyl groups excluding tert-OH is 1. The van der Waals surface area contributed by atoms with E-state index < -0.39 is 0 Å². The second-order valence-corrected chi connectivity index (χ2v) is 4.58. The molecule has 0 amide bonds. The van der Waals surface area contributed by atoms with Crippen LogP contribution in [0.2, 0.25) is 0 Å². The molecule has 0 aromatic heterocycles. The summed E-state index contributed by atoms with van der Waals surface area (Å²) in [6, 6.07) is 0.319. The Morgan fingerprint density at radius 1 is 1.21 bits per heavy atom. The lowest BCUT2D eigenvalue weighted by molar-refractivity contribution is 0.111. The lowest BCUT2D eigenvalue weighted by atomic mass is 10.2. The van der Waals surface area contributed by atoms with E-state index in [1.165, 1.54) is 12.8 Å². The van der Waals surface area contributed by atoms with Crippen molar-refractivity contribution >= 4 is 0 Å². The molecule has 2 aliphatic rings. The van der Waals surface area contributed by atoms with Gasteiger partial charge in [-0.2, -0.15) is 0 Å². The van der Waals surface area contributed by atoms with Gasteiger partial charge in [0.25, 0.3) is 0 Å². The predicted molar refractivity (Wildman–Crippen MR) is 55.2 cm³/mol. The first-order chi connectivity index (χ1) is 6.86. The molecule has 0 unspecified atom stereocenters. The van der Waals surface area contributed by atoms with Gasteiger partial charge < -0.3 is 15.2 Å². The van der Waals surface area contributed by atoms with E-state index in [1.54, 1.807) is 0 Å². The molecule has 0 aliphatic heterocycles. The van der Waals surface area contributed by atoms with E-state index in [0.717, 1.165) is 44.9 Å².